The van der Waals surface area contributed by atoms with Gasteiger partial charge in [-0.3, -0.25) is 0 Å². The van der Waals surface area contributed by atoms with Gasteiger partial charge in [0.25, 0.3) is 0 Å². The van der Waals surface area contributed by atoms with Gasteiger partial charge >= 0.3 is 0 Å². The number of rotatable bonds is 0. The summed E-state index contributed by atoms with van der Waals surface area (Å²) in [6, 6.07) is 16.1. The first-order valence-electron chi connectivity index (χ1n) is 8.24. The molecule has 0 fully saturated rings. The van der Waals surface area contributed by atoms with Crippen molar-refractivity contribution in [2.24, 2.45) is 0 Å². The molecule has 0 bridgehead atoms. The van der Waals surface area contributed by atoms with Crippen LogP contribution >= 0.6 is 15.9 Å². The Balaban J connectivity index is 2.30. The van der Waals surface area contributed by atoms with Gasteiger partial charge in [-0.2, -0.15) is 0 Å². The minimum Gasteiger partial charge on any atom is -0.0579 e. The fourth-order valence-electron chi connectivity index (χ4n) is 2.96. The van der Waals surface area contributed by atoms with Gasteiger partial charge in [-0.1, -0.05) is 81.7 Å². The summed E-state index contributed by atoms with van der Waals surface area (Å²) in [7, 11) is 0. The predicted octanol–water partition coefficient (Wildman–Crippen LogP) is 7.35. The highest BCUT2D eigenvalue weighted by Crippen LogP contribution is 2.35. The third-order valence-corrected chi connectivity index (χ3v) is 5.25. The quantitative estimate of drug-likeness (QED) is 0.363. The van der Waals surface area contributed by atoms with Crippen LogP contribution in [0.4, 0.5) is 0 Å². The molecule has 0 aliphatic carbocycles. The molecule has 0 aliphatic heterocycles. The first kappa shape index (κ1) is 16.5. The summed E-state index contributed by atoms with van der Waals surface area (Å²) in [4.78, 5) is 0. The normalized spacial score (nSPS) is 13.0. The van der Waals surface area contributed by atoms with Crippen molar-refractivity contribution in [3.63, 3.8) is 0 Å². The Bertz CT molecular complexity index is 890. The standard InChI is InChI=1S/C22H25Br/c1-21(2,3)17-8-7-14-12-19-16(9-15(14)10-17)11-18(13-20(19)23)22(4,5)6/h7-13H,1-6H3. The molecule has 0 nitrogen and oxygen atoms in total. The van der Waals surface area contributed by atoms with Gasteiger partial charge in [-0.15, -0.1) is 0 Å². The largest absolute Gasteiger partial charge is 0.0579 e. The number of hydrogen-bond donors (Lipinski definition) is 0. The number of fused-ring (bicyclic) bond motifs is 2. The highest BCUT2D eigenvalue weighted by molar-refractivity contribution is 9.10. The molecule has 120 valence electrons. The maximum Gasteiger partial charge on any atom is 0.0256 e. The maximum atomic E-state index is 3.77. The van der Waals surface area contributed by atoms with Crippen LogP contribution in [-0.4, -0.2) is 0 Å². The third-order valence-electron chi connectivity index (χ3n) is 4.59. The van der Waals surface area contributed by atoms with Crippen LogP contribution in [0, 0.1) is 0 Å². The lowest BCUT2D eigenvalue weighted by atomic mass is 9.84. The second kappa shape index (κ2) is 5.34. The molecule has 0 heterocycles. The molecule has 3 rings (SSSR count). The lowest BCUT2D eigenvalue weighted by Crippen LogP contribution is -2.11. The average molecular weight is 369 g/mol. The molecule has 3 aromatic carbocycles. The van der Waals surface area contributed by atoms with E-state index in [2.05, 4.69) is 99.9 Å². The summed E-state index contributed by atoms with van der Waals surface area (Å²) in [6.45, 7) is 13.6. The van der Waals surface area contributed by atoms with E-state index in [4.69, 9.17) is 0 Å². The van der Waals surface area contributed by atoms with Crippen LogP contribution < -0.4 is 0 Å². The van der Waals surface area contributed by atoms with Gasteiger partial charge in [0.2, 0.25) is 0 Å². The van der Waals surface area contributed by atoms with Gasteiger partial charge in [0.05, 0.1) is 0 Å². The minimum atomic E-state index is 0.152. The van der Waals surface area contributed by atoms with Crippen LogP contribution in [0.15, 0.2) is 46.9 Å². The molecular weight excluding hydrogens is 344 g/mol. The molecule has 0 saturated carbocycles. The third kappa shape index (κ3) is 3.17. The molecule has 0 aromatic heterocycles. The van der Waals surface area contributed by atoms with Gasteiger partial charge in [-0.25, -0.2) is 0 Å². The van der Waals surface area contributed by atoms with Crippen molar-refractivity contribution >= 4 is 37.5 Å². The molecule has 0 radical (unpaired) electrons. The van der Waals surface area contributed by atoms with Crippen molar-refractivity contribution in [1.29, 1.82) is 0 Å². The smallest absolute Gasteiger partial charge is 0.0256 e. The van der Waals surface area contributed by atoms with Crippen molar-refractivity contribution in [2.75, 3.05) is 0 Å². The van der Waals surface area contributed by atoms with Gasteiger partial charge in [0.15, 0.2) is 0 Å². The van der Waals surface area contributed by atoms with Gasteiger partial charge in [-0.05, 0) is 61.7 Å². The molecule has 0 saturated heterocycles. The molecular formula is C22H25Br. The zero-order valence-corrected chi connectivity index (χ0v) is 16.5. The average Bonchev–Trinajstić information content (AvgIpc) is 2.43. The predicted molar refractivity (Wildman–Crippen MR) is 107 cm³/mol. The molecule has 23 heavy (non-hydrogen) atoms. The molecule has 0 N–H and O–H groups in total. The van der Waals surface area contributed by atoms with Crippen molar-refractivity contribution in [3.05, 3.63) is 58.1 Å². The van der Waals surface area contributed by atoms with Crippen LogP contribution in [0.5, 0.6) is 0 Å². The van der Waals surface area contributed by atoms with E-state index in [9.17, 15) is 0 Å². The Morgan fingerprint density at radius 3 is 1.83 bits per heavy atom. The van der Waals surface area contributed by atoms with Crippen molar-refractivity contribution in [1.82, 2.24) is 0 Å². The topological polar surface area (TPSA) is 0 Å². The van der Waals surface area contributed by atoms with Crippen LogP contribution in [0.25, 0.3) is 21.5 Å². The minimum absolute atomic E-state index is 0.152. The van der Waals surface area contributed by atoms with Crippen molar-refractivity contribution in [2.45, 2.75) is 52.4 Å². The lowest BCUT2D eigenvalue weighted by molar-refractivity contribution is 0.591. The SMILES string of the molecule is CC(C)(C)c1ccc2cc3c(Br)cc(C(C)(C)C)cc3cc2c1. The Labute approximate surface area is 148 Å². The van der Waals surface area contributed by atoms with E-state index >= 15 is 0 Å². The number of hydrogen-bond acceptors (Lipinski definition) is 0. The van der Waals surface area contributed by atoms with Crippen LogP contribution in [0.3, 0.4) is 0 Å². The maximum absolute atomic E-state index is 3.77. The molecule has 0 amide bonds. The zero-order valence-electron chi connectivity index (χ0n) is 14.9. The Morgan fingerprint density at radius 2 is 1.22 bits per heavy atom. The van der Waals surface area contributed by atoms with E-state index in [1.54, 1.807) is 0 Å². The summed E-state index contributed by atoms with van der Waals surface area (Å²) in [5.41, 5.74) is 3.08. The number of benzene rings is 3. The van der Waals surface area contributed by atoms with Crippen LogP contribution in [0.1, 0.15) is 52.7 Å². The molecule has 0 aliphatic rings. The van der Waals surface area contributed by atoms with Crippen LogP contribution in [-0.2, 0) is 10.8 Å². The van der Waals surface area contributed by atoms with Crippen molar-refractivity contribution < 1.29 is 0 Å². The first-order valence-corrected chi connectivity index (χ1v) is 9.03. The highest BCUT2D eigenvalue weighted by Gasteiger charge is 2.17. The van der Waals surface area contributed by atoms with E-state index in [-0.39, 0.29) is 10.8 Å². The Kier molecular flexibility index (Phi) is 3.84. The van der Waals surface area contributed by atoms with E-state index < -0.39 is 0 Å². The first-order chi connectivity index (χ1) is 10.6. The summed E-state index contributed by atoms with van der Waals surface area (Å²) in [5.74, 6) is 0. The lowest BCUT2D eigenvalue weighted by Gasteiger charge is -2.21. The number of halogens is 1. The van der Waals surface area contributed by atoms with Crippen LogP contribution in [0.2, 0.25) is 0 Å². The Morgan fingerprint density at radius 1 is 0.609 bits per heavy atom. The molecule has 1 heteroatoms. The van der Waals surface area contributed by atoms with Crippen molar-refractivity contribution in [3.8, 4) is 0 Å². The zero-order chi connectivity index (χ0) is 17.0. The van der Waals surface area contributed by atoms with E-state index in [0.717, 1.165) is 0 Å². The second-order valence-electron chi connectivity index (χ2n) is 8.59. The van der Waals surface area contributed by atoms with E-state index in [1.165, 1.54) is 37.1 Å². The summed E-state index contributed by atoms with van der Waals surface area (Å²) in [6.07, 6.45) is 0. The molecule has 0 atom stereocenters. The van der Waals surface area contributed by atoms with Gasteiger partial charge in [0, 0.05) is 4.47 Å². The van der Waals surface area contributed by atoms with E-state index in [0.29, 0.717) is 0 Å². The summed E-state index contributed by atoms with van der Waals surface area (Å²) >= 11 is 3.77. The van der Waals surface area contributed by atoms with E-state index in [1.807, 2.05) is 0 Å². The summed E-state index contributed by atoms with van der Waals surface area (Å²) < 4.78 is 1.18. The highest BCUT2D eigenvalue weighted by atomic mass is 79.9. The fourth-order valence-corrected chi connectivity index (χ4v) is 3.55. The Hall–Kier alpha value is -1.34. The fraction of sp³-hybridized carbons (Fsp3) is 0.364. The second-order valence-corrected chi connectivity index (χ2v) is 9.45. The molecule has 3 aromatic rings. The molecule has 0 spiro atoms. The monoisotopic (exact) mass is 368 g/mol. The van der Waals surface area contributed by atoms with Gasteiger partial charge in [0.1, 0.15) is 0 Å². The summed E-state index contributed by atoms with van der Waals surface area (Å²) in [5, 5.41) is 5.22. The van der Waals surface area contributed by atoms with Gasteiger partial charge < -0.3 is 0 Å². The molecule has 0 unspecified atom stereocenters.